The number of aliphatic imine (C=N–C) groups is 1. The molecular formula is C19H23N7. The van der Waals surface area contributed by atoms with E-state index in [4.69, 9.17) is 11.5 Å². The number of nitrogens with one attached hydrogen (secondary N) is 1. The summed E-state index contributed by atoms with van der Waals surface area (Å²) in [7, 11) is 0. The van der Waals surface area contributed by atoms with Crippen LogP contribution in [-0.4, -0.2) is 27.1 Å². The van der Waals surface area contributed by atoms with Gasteiger partial charge in [-0.2, -0.15) is 0 Å². The van der Waals surface area contributed by atoms with E-state index in [1.807, 2.05) is 41.1 Å². The molecule has 0 spiro atoms. The second-order valence-corrected chi connectivity index (χ2v) is 5.88. The van der Waals surface area contributed by atoms with Gasteiger partial charge in [0.2, 0.25) is 0 Å². The number of nitrogens with zero attached hydrogens (tertiary/aromatic N) is 4. The predicted octanol–water partition coefficient (Wildman–Crippen LogP) is 2.70. The molecule has 0 aliphatic heterocycles. The van der Waals surface area contributed by atoms with Gasteiger partial charge in [0.25, 0.3) is 0 Å². The van der Waals surface area contributed by atoms with Gasteiger partial charge in [0.15, 0.2) is 0 Å². The third kappa shape index (κ3) is 4.00. The Labute approximate surface area is 152 Å². The minimum Gasteiger partial charge on any atom is -0.404 e. The molecule has 3 aromatic rings. The van der Waals surface area contributed by atoms with Crippen LogP contribution in [0.5, 0.6) is 0 Å². The summed E-state index contributed by atoms with van der Waals surface area (Å²) in [5, 5.41) is 3.29. The number of pyridine rings is 2. The van der Waals surface area contributed by atoms with E-state index in [-0.39, 0.29) is 0 Å². The number of fused-ring (bicyclic) bond motifs is 1. The summed E-state index contributed by atoms with van der Waals surface area (Å²) < 4.78 is 1.98. The molecule has 0 saturated heterocycles. The lowest BCUT2D eigenvalue weighted by Crippen LogP contribution is -2.07. The summed E-state index contributed by atoms with van der Waals surface area (Å²) in [6.45, 7) is 3.43. The van der Waals surface area contributed by atoms with Gasteiger partial charge in [0.1, 0.15) is 11.5 Å². The summed E-state index contributed by atoms with van der Waals surface area (Å²) in [6.07, 6.45) is 9.96. The van der Waals surface area contributed by atoms with Crippen molar-refractivity contribution in [1.82, 2.24) is 14.4 Å². The topological polar surface area (TPSA) is 107 Å². The Morgan fingerprint density at radius 3 is 3.00 bits per heavy atom. The fraction of sp³-hybridized carbons (Fsp3) is 0.211. The molecule has 7 nitrogen and oxygen atoms in total. The molecule has 0 amide bonds. The van der Waals surface area contributed by atoms with E-state index < -0.39 is 0 Å². The molecular weight excluding hydrogens is 326 g/mol. The Morgan fingerprint density at radius 1 is 1.31 bits per heavy atom. The number of hydrogen-bond donors (Lipinski definition) is 3. The third-order valence-electron chi connectivity index (χ3n) is 3.89. The molecule has 26 heavy (non-hydrogen) atoms. The quantitative estimate of drug-likeness (QED) is 0.569. The maximum absolute atomic E-state index is 6.07. The summed E-state index contributed by atoms with van der Waals surface area (Å²) in [6, 6.07) is 7.66. The van der Waals surface area contributed by atoms with Crippen molar-refractivity contribution in [3.63, 3.8) is 0 Å². The average molecular weight is 349 g/mol. The first-order chi connectivity index (χ1) is 12.7. The van der Waals surface area contributed by atoms with E-state index in [0.29, 0.717) is 18.1 Å². The van der Waals surface area contributed by atoms with Crippen LogP contribution in [0, 0.1) is 0 Å². The molecule has 0 unspecified atom stereocenters. The number of nitrogen functional groups attached to an aromatic ring is 1. The molecule has 0 atom stereocenters. The first kappa shape index (κ1) is 17.5. The molecule has 3 heterocycles. The van der Waals surface area contributed by atoms with Crippen molar-refractivity contribution in [1.29, 1.82) is 0 Å². The normalized spacial score (nSPS) is 12.1. The zero-order valence-corrected chi connectivity index (χ0v) is 14.8. The molecule has 0 aliphatic carbocycles. The lowest BCUT2D eigenvalue weighted by molar-refractivity contribution is 0.937. The Bertz CT molecular complexity index is 940. The number of hydrogen-bond acceptors (Lipinski definition) is 6. The SMILES string of the molecule is CCCN=CC(=CN)c1ccc(N)c(NCc2ccc3nccn3c2)n1. The van der Waals surface area contributed by atoms with E-state index in [9.17, 15) is 0 Å². The van der Waals surface area contributed by atoms with E-state index in [2.05, 4.69) is 27.2 Å². The molecule has 0 aliphatic rings. The van der Waals surface area contributed by atoms with Crippen molar-refractivity contribution in [2.45, 2.75) is 19.9 Å². The molecule has 7 heteroatoms. The molecule has 0 bridgehead atoms. The van der Waals surface area contributed by atoms with Crippen molar-refractivity contribution < 1.29 is 0 Å². The van der Waals surface area contributed by atoms with E-state index in [0.717, 1.165) is 35.4 Å². The van der Waals surface area contributed by atoms with Gasteiger partial charge in [-0.15, -0.1) is 0 Å². The standard InChI is InChI=1S/C19H23N7/c1-2-7-22-12-15(10-20)17-5-4-16(21)19(25-17)24-11-14-3-6-18-23-8-9-26(18)13-14/h3-6,8-10,12-13H,2,7,11,20-21H2,1H3,(H,24,25). The molecule has 3 rings (SSSR count). The van der Waals surface area contributed by atoms with Gasteiger partial charge in [-0.3, -0.25) is 4.99 Å². The molecule has 3 aromatic heterocycles. The third-order valence-corrected chi connectivity index (χ3v) is 3.89. The number of aromatic nitrogens is 3. The van der Waals surface area contributed by atoms with Crippen LogP contribution in [0.25, 0.3) is 11.2 Å². The molecule has 0 aromatic carbocycles. The van der Waals surface area contributed by atoms with Gasteiger partial charge < -0.3 is 21.2 Å². The lowest BCUT2D eigenvalue weighted by atomic mass is 10.2. The lowest BCUT2D eigenvalue weighted by Gasteiger charge is -2.11. The highest BCUT2D eigenvalue weighted by Crippen LogP contribution is 2.20. The number of anilines is 2. The number of imidazole rings is 1. The van der Waals surface area contributed by atoms with Gasteiger partial charge in [-0.05, 0) is 30.2 Å². The Kier molecular flexibility index (Phi) is 5.48. The van der Waals surface area contributed by atoms with Crippen LogP contribution in [0.1, 0.15) is 24.6 Å². The average Bonchev–Trinajstić information content (AvgIpc) is 3.13. The first-order valence-electron chi connectivity index (χ1n) is 8.55. The van der Waals surface area contributed by atoms with Crippen molar-refractivity contribution in [3.05, 3.63) is 60.3 Å². The fourth-order valence-corrected chi connectivity index (χ4v) is 2.52. The van der Waals surface area contributed by atoms with Gasteiger partial charge in [-0.1, -0.05) is 13.0 Å². The molecule has 0 saturated carbocycles. The van der Waals surface area contributed by atoms with Crippen LogP contribution in [0.2, 0.25) is 0 Å². The van der Waals surface area contributed by atoms with Gasteiger partial charge in [-0.25, -0.2) is 9.97 Å². The van der Waals surface area contributed by atoms with Crippen LogP contribution < -0.4 is 16.8 Å². The molecule has 134 valence electrons. The Hall–Kier alpha value is -3.35. The summed E-state index contributed by atoms with van der Waals surface area (Å²) in [5.74, 6) is 0.622. The maximum Gasteiger partial charge on any atom is 0.150 e. The number of rotatable bonds is 7. The highest BCUT2D eigenvalue weighted by molar-refractivity contribution is 6.09. The Balaban J connectivity index is 1.76. The van der Waals surface area contributed by atoms with E-state index >= 15 is 0 Å². The van der Waals surface area contributed by atoms with Gasteiger partial charge in [0, 0.05) is 49.7 Å². The van der Waals surface area contributed by atoms with E-state index in [1.54, 1.807) is 12.4 Å². The zero-order chi connectivity index (χ0) is 18.4. The number of nitrogens with two attached hydrogens (primary N) is 2. The van der Waals surface area contributed by atoms with Crippen molar-refractivity contribution in [3.8, 4) is 0 Å². The zero-order valence-electron chi connectivity index (χ0n) is 14.8. The smallest absolute Gasteiger partial charge is 0.150 e. The second kappa shape index (κ2) is 8.15. The van der Waals surface area contributed by atoms with Crippen molar-refractivity contribution in [2.24, 2.45) is 10.7 Å². The molecule has 0 radical (unpaired) electrons. The van der Waals surface area contributed by atoms with Gasteiger partial charge in [0.05, 0.1) is 11.4 Å². The van der Waals surface area contributed by atoms with Gasteiger partial charge >= 0.3 is 0 Å². The monoisotopic (exact) mass is 349 g/mol. The molecule has 0 fully saturated rings. The van der Waals surface area contributed by atoms with Crippen molar-refractivity contribution >= 4 is 28.9 Å². The fourth-order valence-electron chi connectivity index (χ4n) is 2.52. The minimum atomic E-state index is 0.583. The minimum absolute atomic E-state index is 0.583. The highest BCUT2D eigenvalue weighted by atomic mass is 15.0. The molecule has 5 N–H and O–H groups in total. The first-order valence-corrected chi connectivity index (χ1v) is 8.55. The van der Waals surface area contributed by atoms with Crippen LogP contribution in [-0.2, 0) is 6.54 Å². The summed E-state index contributed by atoms with van der Waals surface area (Å²) in [5.41, 5.74) is 15.9. The Morgan fingerprint density at radius 2 is 2.19 bits per heavy atom. The largest absolute Gasteiger partial charge is 0.404 e. The number of allylic oxidation sites excluding steroid dienone is 1. The maximum atomic E-state index is 6.07. The highest BCUT2D eigenvalue weighted by Gasteiger charge is 2.06. The summed E-state index contributed by atoms with van der Waals surface area (Å²) >= 11 is 0. The van der Waals surface area contributed by atoms with E-state index in [1.165, 1.54) is 6.20 Å². The van der Waals surface area contributed by atoms with Crippen LogP contribution in [0.4, 0.5) is 11.5 Å². The van der Waals surface area contributed by atoms with Crippen LogP contribution in [0.3, 0.4) is 0 Å². The summed E-state index contributed by atoms with van der Waals surface area (Å²) in [4.78, 5) is 13.2. The van der Waals surface area contributed by atoms with Crippen LogP contribution >= 0.6 is 0 Å². The van der Waals surface area contributed by atoms with Crippen molar-refractivity contribution in [2.75, 3.05) is 17.6 Å². The second-order valence-electron chi connectivity index (χ2n) is 5.88. The van der Waals surface area contributed by atoms with Crippen LogP contribution in [0.15, 0.2) is 54.0 Å². The predicted molar refractivity (Wildman–Crippen MR) is 107 cm³/mol.